The molecule has 2 aliphatic rings. The Balaban J connectivity index is 1.96. The molecule has 0 aromatic heterocycles. The van der Waals surface area contributed by atoms with E-state index < -0.39 is 0 Å². The average molecular weight is 238 g/mol. The molecule has 84 valence electrons. The molecule has 1 aromatic rings. The van der Waals surface area contributed by atoms with Gasteiger partial charge in [0.25, 0.3) is 0 Å². The summed E-state index contributed by atoms with van der Waals surface area (Å²) in [5.74, 6) is 0.754. The van der Waals surface area contributed by atoms with Crippen LogP contribution in [0.5, 0.6) is 5.75 Å². The SMILES string of the molecule is O=C1Nc2ccc(Cl)cc2OCC12CCC2. The number of halogens is 1. The van der Waals surface area contributed by atoms with Crippen LogP contribution in [0.4, 0.5) is 5.69 Å². The molecule has 3 nitrogen and oxygen atoms in total. The van der Waals surface area contributed by atoms with Gasteiger partial charge in [-0.3, -0.25) is 4.79 Å². The lowest BCUT2D eigenvalue weighted by Crippen LogP contribution is -2.45. The Kier molecular flexibility index (Phi) is 2.11. The topological polar surface area (TPSA) is 38.3 Å². The summed E-state index contributed by atoms with van der Waals surface area (Å²) in [5.41, 5.74) is 0.420. The molecule has 0 saturated heterocycles. The van der Waals surface area contributed by atoms with Crippen molar-refractivity contribution in [1.82, 2.24) is 0 Å². The minimum atomic E-state index is -0.300. The molecule has 16 heavy (non-hydrogen) atoms. The maximum absolute atomic E-state index is 12.0. The van der Waals surface area contributed by atoms with Crippen LogP contribution in [0.25, 0.3) is 0 Å². The molecule has 1 aliphatic heterocycles. The third kappa shape index (κ3) is 1.39. The minimum absolute atomic E-state index is 0.0832. The van der Waals surface area contributed by atoms with Gasteiger partial charge in [0.1, 0.15) is 12.4 Å². The lowest BCUT2D eigenvalue weighted by atomic mass is 9.69. The Morgan fingerprint density at radius 3 is 2.88 bits per heavy atom. The summed E-state index contributed by atoms with van der Waals surface area (Å²) in [6.45, 7) is 0.464. The van der Waals surface area contributed by atoms with Crippen molar-refractivity contribution in [2.24, 2.45) is 5.41 Å². The fourth-order valence-corrected chi connectivity index (χ4v) is 2.39. The molecule has 1 aliphatic carbocycles. The standard InChI is InChI=1S/C12H12ClNO2/c13-8-2-3-9-10(6-8)16-7-12(4-1-5-12)11(15)14-9/h2-3,6H,1,4-5,7H2,(H,14,15). The number of rotatable bonds is 0. The van der Waals surface area contributed by atoms with Gasteiger partial charge < -0.3 is 10.1 Å². The first-order valence-electron chi connectivity index (χ1n) is 5.43. The molecule has 4 heteroatoms. The molecule has 0 atom stereocenters. The monoisotopic (exact) mass is 237 g/mol. The quantitative estimate of drug-likeness (QED) is 0.754. The third-order valence-corrected chi connectivity index (χ3v) is 3.72. The Labute approximate surface area is 98.7 Å². The molecule has 1 spiro atoms. The zero-order chi connectivity index (χ0) is 11.2. The van der Waals surface area contributed by atoms with Gasteiger partial charge in [-0.1, -0.05) is 18.0 Å². The van der Waals surface area contributed by atoms with Crippen molar-refractivity contribution >= 4 is 23.2 Å². The van der Waals surface area contributed by atoms with E-state index in [0.717, 1.165) is 24.9 Å². The van der Waals surface area contributed by atoms with E-state index in [9.17, 15) is 4.79 Å². The van der Waals surface area contributed by atoms with Crippen LogP contribution in [0.2, 0.25) is 5.02 Å². The van der Waals surface area contributed by atoms with Gasteiger partial charge in [-0.05, 0) is 25.0 Å². The second kappa shape index (κ2) is 3.39. The maximum Gasteiger partial charge on any atom is 0.234 e. The Morgan fingerprint density at radius 2 is 2.19 bits per heavy atom. The van der Waals surface area contributed by atoms with Crippen molar-refractivity contribution in [1.29, 1.82) is 0 Å². The summed E-state index contributed by atoms with van der Waals surface area (Å²) < 4.78 is 5.69. The van der Waals surface area contributed by atoms with Crippen molar-refractivity contribution in [2.45, 2.75) is 19.3 Å². The highest BCUT2D eigenvalue weighted by Gasteiger charge is 2.46. The Bertz CT molecular complexity index is 454. The van der Waals surface area contributed by atoms with E-state index in [1.54, 1.807) is 18.2 Å². The van der Waals surface area contributed by atoms with E-state index in [1.165, 1.54) is 0 Å². The van der Waals surface area contributed by atoms with E-state index in [2.05, 4.69) is 5.32 Å². The minimum Gasteiger partial charge on any atom is -0.490 e. The number of ether oxygens (including phenoxy) is 1. The molecule has 0 bridgehead atoms. The highest BCUT2D eigenvalue weighted by molar-refractivity contribution is 6.30. The summed E-state index contributed by atoms with van der Waals surface area (Å²) in [4.78, 5) is 12.0. The summed E-state index contributed by atoms with van der Waals surface area (Å²) in [7, 11) is 0. The number of hydrogen-bond acceptors (Lipinski definition) is 2. The van der Waals surface area contributed by atoms with Gasteiger partial charge in [-0.15, -0.1) is 0 Å². The van der Waals surface area contributed by atoms with Crippen LogP contribution in [0.1, 0.15) is 19.3 Å². The van der Waals surface area contributed by atoms with Gasteiger partial charge >= 0.3 is 0 Å². The highest BCUT2D eigenvalue weighted by Crippen LogP contribution is 2.45. The van der Waals surface area contributed by atoms with Crippen LogP contribution in [-0.4, -0.2) is 12.5 Å². The molecule has 0 radical (unpaired) electrons. The van der Waals surface area contributed by atoms with Crippen LogP contribution < -0.4 is 10.1 Å². The molecule has 1 N–H and O–H groups in total. The first-order chi connectivity index (χ1) is 7.70. The summed E-state index contributed by atoms with van der Waals surface area (Å²) in [5, 5.41) is 3.54. The number of anilines is 1. The number of fused-ring (bicyclic) bond motifs is 1. The number of amides is 1. The van der Waals surface area contributed by atoms with Crippen molar-refractivity contribution < 1.29 is 9.53 Å². The normalized spacial score (nSPS) is 21.4. The molecule has 1 saturated carbocycles. The van der Waals surface area contributed by atoms with E-state index >= 15 is 0 Å². The van der Waals surface area contributed by atoms with Crippen LogP contribution in [0.15, 0.2) is 18.2 Å². The average Bonchev–Trinajstić information content (AvgIpc) is 2.33. The largest absolute Gasteiger partial charge is 0.490 e. The first-order valence-corrected chi connectivity index (χ1v) is 5.81. The molecular weight excluding hydrogens is 226 g/mol. The van der Waals surface area contributed by atoms with Crippen molar-refractivity contribution in [3.05, 3.63) is 23.2 Å². The number of nitrogens with one attached hydrogen (secondary N) is 1. The Morgan fingerprint density at radius 1 is 1.38 bits per heavy atom. The molecule has 1 fully saturated rings. The molecule has 3 rings (SSSR count). The van der Waals surface area contributed by atoms with Gasteiger partial charge in [0, 0.05) is 11.1 Å². The molecule has 1 amide bonds. The van der Waals surface area contributed by atoms with E-state index in [1.807, 2.05) is 0 Å². The summed E-state index contributed by atoms with van der Waals surface area (Å²) in [6, 6.07) is 5.28. The second-order valence-electron chi connectivity index (χ2n) is 4.52. The lowest BCUT2D eigenvalue weighted by Gasteiger charge is -2.37. The fourth-order valence-electron chi connectivity index (χ4n) is 2.23. The van der Waals surface area contributed by atoms with E-state index in [-0.39, 0.29) is 11.3 Å². The van der Waals surface area contributed by atoms with Gasteiger partial charge in [0.2, 0.25) is 5.91 Å². The Hall–Kier alpha value is -1.22. The zero-order valence-corrected chi connectivity index (χ0v) is 9.51. The van der Waals surface area contributed by atoms with Gasteiger partial charge in [0.05, 0.1) is 11.1 Å². The third-order valence-electron chi connectivity index (χ3n) is 3.49. The van der Waals surface area contributed by atoms with Crippen molar-refractivity contribution in [3.63, 3.8) is 0 Å². The smallest absolute Gasteiger partial charge is 0.234 e. The predicted octanol–water partition coefficient (Wildman–Crippen LogP) is 2.84. The molecule has 0 unspecified atom stereocenters. The first kappa shape index (κ1) is 9.97. The van der Waals surface area contributed by atoms with E-state index in [4.69, 9.17) is 16.3 Å². The second-order valence-corrected chi connectivity index (χ2v) is 4.95. The molecule has 1 aromatic carbocycles. The van der Waals surface area contributed by atoms with Gasteiger partial charge in [0.15, 0.2) is 0 Å². The molecule has 1 heterocycles. The predicted molar refractivity (Wildman–Crippen MR) is 61.9 cm³/mol. The molecular formula is C12H12ClNO2. The fraction of sp³-hybridized carbons (Fsp3) is 0.417. The number of hydrogen-bond donors (Lipinski definition) is 1. The van der Waals surface area contributed by atoms with Crippen LogP contribution in [-0.2, 0) is 4.79 Å². The van der Waals surface area contributed by atoms with Crippen LogP contribution >= 0.6 is 11.6 Å². The summed E-state index contributed by atoms with van der Waals surface area (Å²) >= 11 is 5.89. The zero-order valence-electron chi connectivity index (χ0n) is 8.75. The van der Waals surface area contributed by atoms with Gasteiger partial charge in [-0.25, -0.2) is 0 Å². The maximum atomic E-state index is 12.0. The van der Waals surface area contributed by atoms with Crippen LogP contribution in [0, 0.1) is 5.41 Å². The van der Waals surface area contributed by atoms with Crippen molar-refractivity contribution in [3.8, 4) is 5.75 Å². The number of carbonyl (C=O) groups excluding carboxylic acids is 1. The number of benzene rings is 1. The van der Waals surface area contributed by atoms with Crippen LogP contribution in [0.3, 0.4) is 0 Å². The summed E-state index contributed by atoms with van der Waals surface area (Å²) in [6.07, 6.45) is 2.94. The highest BCUT2D eigenvalue weighted by atomic mass is 35.5. The number of carbonyl (C=O) groups is 1. The van der Waals surface area contributed by atoms with Crippen molar-refractivity contribution in [2.75, 3.05) is 11.9 Å². The van der Waals surface area contributed by atoms with E-state index in [0.29, 0.717) is 17.4 Å². The van der Waals surface area contributed by atoms with Gasteiger partial charge in [-0.2, -0.15) is 0 Å². The lowest BCUT2D eigenvalue weighted by molar-refractivity contribution is -0.132.